The lowest BCUT2D eigenvalue weighted by molar-refractivity contribution is 1.19. The Morgan fingerprint density at radius 3 is 2.56 bits per heavy atom. The number of hydrogen-bond acceptors (Lipinski definition) is 1. The highest BCUT2D eigenvalue weighted by molar-refractivity contribution is 9.11. The van der Waals surface area contributed by atoms with Crippen molar-refractivity contribution < 1.29 is 0 Å². The van der Waals surface area contributed by atoms with Crippen LogP contribution >= 0.6 is 59.1 Å². The molecular weight excluding hydrogens is 416 g/mol. The van der Waals surface area contributed by atoms with E-state index in [9.17, 15) is 0 Å². The van der Waals surface area contributed by atoms with Crippen molar-refractivity contribution in [3.63, 3.8) is 0 Å². The van der Waals surface area contributed by atoms with E-state index < -0.39 is 0 Å². The summed E-state index contributed by atoms with van der Waals surface area (Å²) in [7, 11) is 0. The summed E-state index contributed by atoms with van der Waals surface area (Å²) in [6.45, 7) is 2.09. The molecule has 0 aliphatic carbocycles. The summed E-state index contributed by atoms with van der Waals surface area (Å²) in [5, 5.41) is 2.10. The smallest absolute Gasteiger partial charge is 0.0749 e. The summed E-state index contributed by atoms with van der Waals surface area (Å²) in [5.74, 6) is 0. The quantitative estimate of drug-likeness (QED) is 0.513. The maximum atomic E-state index is 3.74. The molecule has 0 amide bonds. The average molecular weight is 425 g/mol. The molecule has 1 unspecified atom stereocenters. The zero-order valence-corrected chi connectivity index (χ0v) is 14.1. The highest BCUT2D eigenvalue weighted by Crippen LogP contribution is 2.39. The van der Waals surface area contributed by atoms with E-state index in [1.165, 1.54) is 16.0 Å². The first-order valence-electron chi connectivity index (χ1n) is 4.72. The van der Waals surface area contributed by atoms with Gasteiger partial charge in [0.1, 0.15) is 0 Å². The molecule has 0 bridgehead atoms. The molecule has 16 heavy (non-hydrogen) atoms. The Bertz CT molecular complexity index is 491. The fourth-order valence-electron chi connectivity index (χ4n) is 1.44. The number of alkyl halides is 1. The van der Waals surface area contributed by atoms with E-state index in [0.717, 1.165) is 8.95 Å². The van der Waals surface area contributed by atoms with Gasteiger partial charge in [-0.1, -0.05) is 53.9 Å². The molecule has 1 atom stereocenters. The van der Waals surface area contributed by atoms with Crippen molar-refractivity contribution in [1.82, 2.24) is 0 Å². The first kappa shape index (κ1) is 12.8. The zero-order chi connectivity index (χ0) is 11.7. The minimum atomic E-state index is 0.249. The summed E-state index contributed by atoms with van der Waals surface area (Å²) < 4.78 is 2.29. The first-order chi connectivity index (χ1) is 7.59. The third kappa shape index (κ3) is 2.61. The fraction of sp³-hybridized carbons (Fsp3) is 0.167. The predicted octanol–water partition coefficient (Wildman–Crippen LogP) is 6.07. The molecule has 0 saturated heterocycles. The molecule has 1 aromatic heterocycles. The van der Waals surface area contributed by atoms with Crippen LogP contribution in [0.3, 0.4) is 0 Å². The lowest BCUT2D eigenvalue weighted by Gasteiger charge is -2.12. The Labute approximate surface area is 124 Å². The third-order valence-electron chi connectivity index (χ3n) is 2.34. The fourth-order valence-corrected chi connectivity index (χ4v) is 4.37. The Morgan fingerprint density at radius 2 is 1.94 bits per heavy atom. The number of thiophene rings is 1. The molecule has 4 heteroatoms. The standard InChI is InChI=1S/C12H9Br3S/c1-7-5-10(14)8(6-9(7)13)12(15)11-3-2-4-16-11/h2-6,12H,1H3. The maximum absolute atomic E-state index is 3.74. The van der Waals surface area contributed by atoms with Gasteiger partial charge in [0.25, 0.3) is 0 Å². The largest absolute Gasteiger partial charge is 0.147 e. The Morgan fingerprint density at radius 1 is 1.19 bits per heavy atom. The molecule has 0 aliphatic heterocycles. The second-order valence-corrected chi connectivity index (χ2v) is 7.10. The summed E-state index contributed by atoms with van der Waals surface area (Å²) >= 11 is 12.7. The Hall–Kier alpha value is 0.360. The van der Waals surface area contributed by atoms with Gasteiger partial charge in [0.2, 0.25) is 0 Å². The lowest BCUT2D eigenvalue weighted by atomic mass is 10.1. The van der Waals surface area contributed by atoms with E-state index in [1.807, 2.05) is 0 Å². The van der Waals surface area contributed by atoms with E-state index >= 15 is 0 Å². The van der Waals surface area contributed by atoms with Crippen LogP contribution in [0, 0.1) is 6.92 Å². The average Bonchev–Trinajstić information content (AvgIpc) is 2.75. The van der Waals surface area contributed by atoms with Crippen LogP contribution in [0.5, 0.6) is 0 Å². The van der Waals surface area contributed by atoms with Gasteiger partial charge in [0, 0.05) is 13.8 Å². The number of aryl methyl sites for hydroxylation is 1. The normalized spacial score (nSPS) is 12.8. The molecule has 1 aromatic carbocycles. The molecular formula is C12H9Br3S. The van der Waals surface area contributed by atoms with Crippen LogP contribution in [0.15, 0.2) is 38.6 Å². The maximum Gasteiger partial charge on any atom is 0.0749 e. The van der Waals surface area contributed by atoms with Crippen molar-refractivity contribution in [2.24, 2.45) is 0 Å². The molecule has 0 fully saturated rings. The summed E-state index contributed by atoms with van der Waals surface area (Å²) in [5.41, 5.74) is 2.49. The van der Waals surface area contributed by atoms with E-state index in [0.29, 0.717) is 0 Å². The van der Waals surface area contributed by atoms with Gasteiger partial charge in [-0.15, -0.1) is 11.3 Å². The molecule has 2 aromatic rings. The molecule has 0 nitrogen and oxygen atoms in total. The molecule has 1 heterocycles. The van der Waals surface area contributed by atoms with Crippen LogP contribution in [0.4, 0.5) is 0 Å². The second-order valence-electron chi connectivity index (χ2n) is 3.50. The van der Waals surface area contributed by atoms with Gasteiger partial charge >= 0.3 is 0 Å². The zero-order valence-electron chi connectivity index (χ0n) is 8.51. The van der Waals surface area contributed by atoms with Crippen LogP contribution in [0.2, 0.25) is 0 Å². The van der Waals surface area contributed by atoms with Crippen molar-refractivity contribution in [2.75, 3.05) is 0 Å². The van der Waals surface area contributed by atoms with E-state index in [1.54, 1.807) is 11.3 Å². The molecule has 0 spiro atoms. The molecule has 84 valence electrons. The second kappa shape index (κ2) is 5.34. The molecule has 2 rings (SSSR count). The van der Waals surface area contributed by atoms with Crippen LogP contribution < -0.4 is 0 Å². The van der Waals surface area contributed by atoms with Crippen molar-refractivity contribution in [2.45, 2.75) is 11.8 Å². The lowest BCUT2D eigenvalue weighted by Crippen LogP contribution is -1.92. The number of halogens is 3. The summed E-state index contributed by atoms with van der Waals surface area (Å²) in [6, 6.07) is 8.52. The van der Waals surface area contributed by atoms with Gasteiger partial charge in [-0.3, -0.25) is 0 Å². The SMILES string of the molecule is Cc1cc(Br)c(C(Br)c2cccs2)cc1Br. The van der Waals surface area contributed by atoms with Crippen LogP contribution in [0.25, 0.3) is 0 Å². The van der Waals surface area contributed by atoms with E-state index in [-0.39, 0.29) is 4.83 Å². The number of rotatable bonds is 2. The van der Waals surface area contributed by atoms with Gasteiger partial charge in [0.05, 0.1) is 4.83 Å². The van der Waals surface area contributed by atoms with Crippen molar-refractivity contribution in [1.29, 1.82) is 0 Å². The molecule has 0 N–H and O–H groups in total. The number of hydrogen-bond donors (Lipinski definition) is 0. The highest BCUT2D eigenvalue weighted by Gasteiger charge is 2.15. The Kier molecular flexibility index (Phi) is 4.27. The third-order valence-corrected chi connectivity index (χ3v) is 6.11. The van der Waals surface area contributed by atoms with Crippen molar-refractivity contribution >= 4 is 59.1 Å². The van der Waals surface area contributed by atoms with Crippen molar-refractivity contribution in [3.05, 3.63) is 54.6 Å². The predicted molar refractivity (Wildman–Crippen MR) is 81.7 cm³/mol. The van der Waals surface area contributed by atoms with Gasteiger partial charge in [-0.2, -0.15) is 0 Å². The number of benzene rings is 1. The van der Waals surface area contributed by atoms with Gasteiger partial charge < -0.3 is 0 Å². The molecule has 0 saturated carbocycles. The highest BCUT2D eigenvalue weighted by atomic mass is 79.9. The van der Waals surface area contributed by atoms with E-state index in [2.05, 4.69) is 84.4 Å². The minimum absolute atomic E-state index is 0.249. The minimum Gasteiger partial charge on any atom is -0.147 e. The van der Waals surface area contributed by atoms with Crippen LogP contribution in [-0.4, -0.2) is 0 Å². The molecule has 0 radical (unpaired) electrons. The van der Waals surface area contributed by atoms with Crippen LogP contribution in [0.1, 0.15) is 20.8 Å². The topological polar surface area (TPSA) is 0 Å². The van der Waals surface area contributed by atoms with Crippen LogP contribution in [-0.2, 0) is 0 Å². The first-order valence-corrected chi connectivity index (χ1v) is 8.10. The Balaban J connectivity index is 2.44. The summed E-state index contributed by atoms with van der Waals surface area (Å²) in [4.78, 5) is 1.57. The van der Waals surface area contributed by atoms with E-state index in [4.69, 9.17) is 0 Å². The monoisotopic (exact) mass is 422 g/mol. The van der Waals surface area contributed by atoms with Gasteiger partial charge in [-0.25, -0.2) is 0 Å². The summed E-state index contributed by atoms with van der Waals surface area (Å²) in [6.07, 6.45) is 0. The van der Waals surface area contributed by atoms with Crippen molar-refractivity contribution in [3.8, 4) is 0 Å². The van der Waals surface area contributed by atoms with Gasteiger partial charge in [0.15, 0.2) is 0 Å². The molecule has 0 aliphatic rings. The van der Waals surface area contributed by atoms with Gasteiger partial charge in [-0.05, 0) is 41.6 Å².